The van der Waals surface area contributed by atoms with Crippen molar-refractivity contribution < 1.29 is 24.1 Å². The van der Waals surface area contributed by atoms with Crippen LogP contribution in [0.3, 0.4) is 0 Å². The highest BCUT2D eigenvalue weighted by Gasteiger charge is 2.22. The van der Waals surface area contributed by atoms with E-state index < -0.39 is 5.97 Å². The summed E-state index contributed by atoms with van der Waals surface area (Å²) in [5.74, 6) is -0.840. The molecule has 0 rings (SSSR count). The highest BCUT2D eigenvalue weighted by atomic mass is 16.5. The van der Waals surface area contributed by atoms with Gasteiger partial charge in [-0.05, 0) is 40.5 Å². The van der Waals surface area contributed by atoms with Gasteiger partial charge in [0.15, 0.2) is 0 Å². The van der Waals surface area contributed by atoms with E-state index in [2.05, 4.69) is 0 Å². The summed E-state index contributed by atoms with van der Waals surface area (Å²) in [6.07, 6.45) is 1.59. The number of carbonyl (C=O) groups is 1. The molecule has 0 radical (unpaired) electrons. The monoisotopic (exact) mass is 276 g/mol. The van der Waals surface area contributed by atoms with Crippen molar-refractivity contribution in [3.8, 4) is 0 Å². The van der Waals surface area contributed by atoms with E-state index in [1.54, 1.807) is 7.11 Å². The first-order chi connectivity index (χ1) is 8.68. The van der Waals surface area contributed by atoms with Gasteiger partial charge in [0.25, 0.3) is 0 Å². The molecule has 0 aliphatic heterocycles. The van der Waals surface area contributed by atoms with E-state index >= 15 is 0 Å². The Morgan fingerprint density at radius 1 is 0.947 bits per heavy atom. The second-order valence-corrected chi connectivity index (χ2v) is 5.85. The Balaban J connectivity index is 3.86. The number of hydrogen-bond acceptors (Lipinski definition) is 4. The smallest absolute Gasteiger partial charge is 0.305 e. The fourth-order valence-corrected chi connectivity index (χ4v) is 1.48. The Morgan fingerprint density at radius 2 is 1.42 bits per heavy atom. The van der Waals surface area contributed by atoms with Crippen molar-refractivity contribution in [1.29, 1.82) is 0 Å². The highest BCUT2D eigenvalue weighted by Crippen LogP contribution is 2.19. The van der Waals surface area contributed by atoms with Crippen LogP contribution in [0.5, 0.6) is 0 Å². The van der Waals surface area contributed by atoms with Crippen LogP contribution in [0.2, 0.25) is 0 Å². The molecular weight excluding hydrogens is 248 g/mol. The predicted molar refractivity (Wildman–Crippen MR) is 73.4 cm³/mol. The molecule has 0 aromatic carbocycles. The number of hydrogen-bond donors (Lipinski definition) is 1. The minimum Gasteiger partial charge on any atom is -0.481 e. The summed E-state index contributed by atoms with van der Waals surface area (Å²) in [7, 11) is 1.68. The first-order valence-corrected chi connectivity index (χ1v) is 6.67. The Labute approximate surface area is 116 Å². The zero-order valence-electron chi connectivity index (χ0n) is 12.8. The average molecular weight is 276 g/mol. The summed E-state index contributed by atoms with van der Waals surface area (Å²) in [6, 6.07) is 0. The van der Waals surface area contributed by atoms with Gasteiger partial charge in [-0.1, -0.05) is 0 Å². The molecular formula is C14H28O5. The summed E-state index contributed by atoms with van der Waals surface area (Å²) in [4.78, 5) is 10.4. The van der Waals surface area contributed by atoms with E-state index in [4.69, 9.17) is 19.3 Å². The quantitative estimate of drug-likeness (QED) is 0.628. The second-order valence-electron chi connectivity index (χ2n) is 5.85. The zero-order chi connectivity index (χ0) is 14.9. The molecule has 0 saturated carbocycles. The van der Waals surface area contributed by atoms with Gasteiger partial charge in [-0.3, -0.25) is 4.79 Å². The molecule has 0 spiro atoms. The van der Waals surface area contributed by atoms with E-state index in [1.807, 2.05) is 27.7 Å². The molecule has 0 saturated heterocycles. The lowest BCUT2D eigenvalue weighted by molar-refractivity contribution is -0.140. The van der Waals surface area contributed by atoms with E-state index in [1.165, 1.54) is 0 Å². The number of carboxylic acid groups (broad SMARTS) is 1. The van der Waals surface area contributed by atoms with Gasteiger partial charge in [0, 0.05) is 13.7 Å². The molecule has 0 atom stereocenters. The number of aliphatic carboxylic acids is 1. The van der Waals surface area contributed by atoms with Crippen LogP contribution in [0.1, 0.15) is 47.0 Å². The van der Waals surface area contributed by atoms with Crippen LogP contribution < -0.4 is 0 Å². The fraction of sp³-hybridized carbons (Fsp3) is 0.929. The van der Waals surface area contributed by atoms with E-state index in [0.717, 1.165) is 12.8 Å². The van der Waals surface area contributed by atoms with Gasteiger partial charge >= 0.3 is 5.97 Å². The second kappa shape index (κ2) is 8.51. The summed E-state index contributed by atoms with van der Waals surface area (Å²) >= 11 is 0. The maximum atomic E-state index is 10.4. The summed E-state index contributed by atoms with van der Waals surface area (Å²) < 4.78 is 16.4. The lowest BCUT2D eigenvalue weighted by Gasteiger charge is -2.29. The molecule has 0 fully saturated rings. The van der Waals surface area contributed by atoms with Gasteiger partial charge in [0.1, 0.15) is 0 Å². The maximum absolute atomic E-state index is 10.4. The first kappa shape index (κ1) is 18.4. The van der Waals surface area contributed by atoms with Gasteiger partial charge in [-0.2, -0.15) is 0 Å². The van der Waals surface area contributed by atoms with Crippen LogP contribution in [-0.2, 0) is 19.0 Å². The van der Waals surface area contributed by atoms with Crippen LogP contribution in [0.25, 0.3) is 0 Å². The molecule has 114 valence electrons. The minimum atomic E-state index is -0.840. The molecule has 0 aliphatic carbocycles. The van der Waals surface area contributed by atoms with Crippen LogP contribution in [0.4, 0.5) is 0 Å². The third-order valence-electron chi connectivity index (χ3n) is 2.91. The lowest BCUT2D eigenvalue weighted by atomic mass is 10.0. The average Bonchev–Trinajstić information content (AvgIpc) is 2.25. The van der Waals surface area contributed by atoms with E-state index in [0.29, 0.717) is 13.2 Å². The van der Waals surface area contributed by atoms with Crippen LogP contribution >= 0.6 is 0 Å². The first-order valence-electron chi connectivity index (χ1n) is 6.67. The Hall–Kier alpha value is -0.650. The highest BCUT2D eigenvalue weighted by molar-refractivity contribution is 5.66. The largest absolute Gasteiger partial charge is 0.481 e. The maximum Gasteiger partial charge on any atom is 0.305 e. The van der Waals surface area contributed by atoms with E-state index in [-0.39, 0.29) is 24.2 Å². The van der Waals surface area contributed by atoms with Crippen LogP contribution in [0.15, 0.2) is 0 Å². The Kier molecular flexibility index (Phi) is 8.22. The summed E-state index contributed by atoms with van der Waals surface area (Å²) in [5, 5.41) is 8.56. The third-order valence-corrected chi connectivity index (χ3v) is 2.91. The molecule has 5 nitrogen and oxygen atoms in total. The molecule has 19 heavy (non-hydrogen) atoms. The van der Waals surface area contributed by atoms with Crippen molar-refractivity contribution >= 4 is 5.97 Å². The van der Waals surface area contributed by atoms with Crippen molar-refractivity contribution in [2.45, 2.75) is 58.2 Å². The molecule has 0 unspecified atom stereocenters. The Bertz CT molecular complexity index is 261. The van der Waals surface area contributed by atoms with Crippen molar-refractivity contribution in [2.24, 2.45) is 0 Å². The topological polar surface area (TPSA) is 65.0 Å². The minimum absolute atomic E-state index is 0.0314. The Morgan fingerprint density at radius 3 is 1.89 bits per heavy atom. The third kappa shape index (κ3) is 10.9. The van der Waals surface area contributed by atoms with E-state index in [9.17, 15) is 4.79 Å². The number of rotatable bonds is 11. The van der Waals surface area contributed by atoms with Gasteiger partial charge in [-0.15, -0.1) is 0 Å². The SMILES string of the molecule is COCCC(C)(C)OCCC(C)(C)OCCC(=O)O. The van der Waals surface area contributed by atoms with Gasteiger partial charge < -0.3 is 19.3 Å². The number of carboxylic acids is 1. The van der Waals surface area contributed by atoms with Crippen molar-refractivity contribution in [2.75, 3.05) is 26.9 Å². The predicted octanol–water partition coefficient (Wildman–Crippen LogP) is 2.48. The zero-order valence-corrected chi connectivity index (χ0v) is 12.8. The molecule has 5 heteroatoms. The standard InChI is InChI=1S/C14H28O5/c1-13(2,7-10-17-5)19-11-8-14(3,4)18-9-6-12(15)16/h6-11H2,1-5H3,(H,15,16). The molecule has 1 N–H and O–H groups in total. The van der Waals surface area contributed by atoms with Crippen molar-refractivity contribution in [3.05, 3.63) is 0 Å². The van der Waals surface area contributed by atoms with Crippen LogP contribution in [0, 0.1) is 0 Å². The van der Waals surface area contributed by atoms with Gasteiger partial charge in [0.05, 0.1) is 30.8 Å². The molecule has 0 aromatic heterocycles. The summed E-state index contributed by atoms with van der Waals surface area (Å²) in [6.45, 7) is 9.44. The lowest BCUT2D eigenvalue weighted by Crippen LogP contribution is -2.32. The number of methoxy groups -OCH3 is 1. The van der Waals surface area contributed by atoms with Gasteiger partial charge in [0.2, 0.25) is 0 Å². The fourth-order valence-electron chi connectivity index (χ4n) is 1.48. The molecule has 0 heterocycles. The molecule has 0 amide bonds. The van der Waals surface area contributed by atoms with Crippen molar-refractivity contribution in [1.82, 2.24) is 0 Å². The van der Waals surface area contributed by atoms with Crippen LogP contribution in [-0.4, -0.2) is 49.2 Å². The normalized spacial score (nSPS) is 12.7. The summed E-state index contributed by atoms with van der Waals surface area (Å²) in [5.41, 5.74) is -0.583. The van der Waals surface area contributed by atoms with Crippen molar-refractivity contribution in [3.63, 3.8) is 0 Å². The molecule has 0 bridgehead atoms. The molecule has 0 aromatic rings. The van der Waals surface area contributed by atoms with Gasteiger partial charge in [-0.25, -0.2) is 0 Å². The molecule has 0 aliphatic rings. The number of ether oxygens (including phenoxy) is 3.